The molecule has 1 aliphatic rings. The van der Waals surface area contributed by atoms with Gasteiger partial charge in [0.1, 0.15) is 11.5 Å². The molecule has 1 aliphatic carbocycles. The van der Waals surface area contributed by atoms with Crippen LogP contribution < -0.4 is 5.32 Å². The molecule has 0 spiro atoms. The van der Waals surface area contributed by atoms with E-state index in [0.29, 0.717) is 22.7 Å². The first-order chi connectivity index (χ1) is 16.8. The third-order valence-electron chi connectivity index (χ3n) is 6.17. The van der Waals surface area contributed by atoms with E-state index in [-0.39, 0.29) is 23.3 Å². The topological polar surface area (TPSA) is 60.1 Å². The lowest BCUT2D eigenvalue weighted by atomic mass is 10.1. The van der Waals surface area contributed by atoms with Gasteiger partial charge in [-0.25, -0.2) is 9.37 Å². The van der Waals surface area contributed by atoms with E-state index in [0.717, 1.165) is 31.7 Å². The number of nitrogens with one attached hydrogen (secondary N) is 1. The first kappa shape index (κ1) is 22.9. The second-order valence-corrected chi connectivity index (χ2v) is 8.46. The maximum atomic E-state index is 13.5. The molecule has 2 aromatic heterocycles. The standard InChI is InChI=1S/C26H21F4N3O2/c27-17-11-9-16(10-12-17)23-24(33(15-31-23)18-5-1-2-6-18)21-13-14-22(35-21)25(34)32-20-8-4-3-7-19(20)26(28,29)30/h3-4,7-15,18H,1-2,5-6H2,(H,32,34). The van der Waals surface area contributed by atoms with E-state index in [4.69, 9.17) is 4.42 Å². The Balaban J connectivity index is 1.50. The fraction of sp³-hybridized carbons (Fsp3) is 0.231. The van der Waals surface area contributed by atoms with Crippen LogP contribution in [0.1, 0.15) is 47.8 Å². The summed E-state index contributed by atoms with van der Waals surface area (Å²) in [7, 11) is 0. The number of hydrogen-bond donors (Lipinski definition) is 1. The Bertz CT molecular complexity index is 1350. The largest absolute Gasteiger partial charge is 0.449 e. The Morgan fingerprint density at radius 3 is 2.43 bits per heavy atom. The summed E-state index contributed by atoms with van der Waals surface area (Å²) < 4.78 is 61.3. The molecule has 0 unspecified atom stereocenters. The van der Waals surface area contributed by atoms with Crippen LogP contribution in [0.3, 0.4) is 0 Å². The number of halogens is 4. The van der Waals surface area contributed by atoms with Gasteiger partial charge < -0.3 is 14.3 Å². The lowest BCUT2D eigenvalue weighted by Gasteiger charge is -2.15. The van der Waals surface area contributed by atoms with Crippen LogP contribution in [0.2, 0.25) is 0 Å². The van der Waals surface area contributed by atoms with Gasteiger partial charge in [0.25, 0.3) is 5.91 Å². The van der Waals surface area contributed by atoms with E-state index >= 15 is 0 Å². The van der Waals surface area contributed by atoms with Crippen molar-refractivity contribution in [2.24, 2.45) is 0 Å². The molecular formula is C26H21F4N3O2. The number of hydrogen-bond acceptors (Lipinski definition) is 3. The molecule has 0 atom stereocenters. The van der Waals surface area contributed by atoms with Gasteiger partial charge in [0, 0.05) is 11.6 Å². The summed E-state index contributed by atoms with van der Waals surface area (Å²) in [6.07, 6.45) is 1.20. The third kappa shape index (κ3) is 4.58. The highest BCUT2D eigenvalue weighted by molar-refractivity contribution is 6.03. The number of imidazole rings is 1. The summed E-state index contributed by atoms with van der Waals surface area (Å²) in [4.78, 5) is 17.3. The number of benzene rings is 2. The van der Waals surface area contributed by atoms with Crippen LogP contribution in [0, 0.1) is 5.82 Å². The van der Waals surface area contributed by atoms with Crippen molar-refractivity contribution >= 4 is 11.6 Å². The monoisotopic (exact) mass is 483 g/mol. The molecule has 1 fully saturated rings. The third-order valence-corrected chi connectivity index (χ3v) is 6.17. The number of carbonyl (C=O) groups excluding carboxylic acids is 1. The lowest BCUT2D eigenvalue weighted by Crippen LogP contribution is -2.16. The quantitative estimate of drug-likeness (QED) is 0.302. The maximum Gasteiger partial charge on any atom is 0.418 e. The summed E-state index contributed by atoms with van der Waals surface area (Å²) in [5.41, 5.74) is 0.586. The van der Waals surface area contributed by atoms with Crippen molar-refractivity contribution < 1.29 is 26.8 Å². The molecule has 4 aromatic rings. The van der Waals surface area contributed by atoms with Crippen LogP contribution in [-0.2, 0) is 6.18 Å². The van der Waals surface area contributed by atoms with Crippen LogP contribution in [0.25, 0.3) is 22.7 Å². The fourth-order valence-corrected chi connectivity index (χ4v) is 4.49. The Labute approximate surface area is 198 Å². The Kier molecular flexibility index (Phi) is 5.92. The zero-order chi connectivity index (χ0) is 24.6. The smallest absolute Gasteiger partial charge is 0.418 e. The van der Waals surface area contributed by atoms with Gasteiger partial charge in [-0.15, -0.1) is 0 Å². The van der Waals surface area contributed by atoms with Gasteiger partial charge in [-0.3, -0.25) is 4.79 Å². The fourth-order valence-electron chi connectivity index (χ4n) is 4.49. The predicted octanol–water partition coefficient (Wildman–Crippen LogP) is 7.34. The van der Waals surface area contributed by atoms with Gasteiger partial charge in [-0.1, -0.05) is 25.0 Å². The highest BCUT2D eigenvalue weighted by atomic mass is 19.4. The van der Waals surface area contributed by atoms with Crippen LogP contribution in [0.5, 0.6) is 0 Å². The summed E-state index contributed by atoms with van der Waals surface area (Å²) >= 11 is 0. The van der Waals surface area contributed by atoms with Crippen molar-refractivity contribution in [3.8, 4) is 22.7 Å². The number of aromatic nitrogens is 2. The highest BCUT2D eigenvalue weighted by Crippen LogP contribution is 2.39. The number of carbonyl (C=O) groups is 1. The molecular weight excluding hydrogens is 462 g/mol. The highest BCUT2D eigenvalue weighted by Gasteiger charge is 2.34. The van der Waals surface area contributed by atoms with E-state index in [1.165, 1.54) is 36.4 Å². The molecule has 180 valence electrons. The molecule has 0 bridgehead atoms. The molecule has 1 saturated carbocycles. The minimum Gasteiger partial charge on any atom is -0.449 e. The minimum atomic E-state index is -4.62. The summed E-state index contributed by atoms with van der Waals surface area (Å²) in [6.45, 7) is 0. The molecule has 2 aromatic carbocycles. The van der Waals surface area contributed by atoms with E-state index in [1.807, 2.05) is 4.57 Å². The normalized spacial score (nSPS) is 14.4. The van der Waals surface area contributed by atoms with E-state index < -0.39 is 17.6 Å². The molecule has 35 heavy (non-hydrogen) atoms. The van der Waals surface area contributed by atoms with Crippen molar-refractivity contribution in [1.29, 1.82) is 0 Å². The number of alkyl halides is 3. The van der Waals surface area contributed by atoms with Crippen molar-refractivity contribution in [1.82, 2.24) is 9.55 Å². The maximum absolute atomic E-state index is 13.5. The molecule has 5 rings (SSSR count). The van der Waals surface area contributed by atoms with Crippen molar-refractivity contribution in [2.45, 2.75) is 37.9 Å². The van der Waals surface area contributed by atoms with Crippen molar-refractivity contribution in [3.05, 3.63) is 84.1 Å². The molecule has 1 N–H and O–H groups in total. The van der Waals surface area contributed by atoms with Gasteiger partial charge in [0.2, 0.25) is 0 Å². The average Bonchev–Trinajstić information content (AvgIpc) is 3.59. The molecule has 0 aliphatic heterocycles. The summed E-state index contributed by atoms with van der Waals surface area (Å²) in [6, 6.07) is 13.9. The lowest BCUT2D eigenvalue weighted by molar-refractivity contribution is -0.136. The zero-order valence-electron chi connectivity index (χ0n) is 18.5. The predicted molar refractivity (Wildman–Crippen MR) is 122 cm³/mol. The average molecular weight is 483 g/mol. The molecule has 9 heteroatoms. The Morgan fingerprint density at radius 2 is 1.71 bits per heavy atom. The minimum absolute atomic E-state index is 0.138. The second kappa shape index (κ2) is 9.05. The van der Waals surface area contributed by atoms with Gasteiger partial charge in [-0.05, 0) is 61.4 Å². The Hall–Kier alpha value is -3.88. The van der Waals surface area contributed by atoms with Gasteiger partial charge in [-0.2, -0.15) is 13.2 Å². The zero-order valence-corrected chi connectivity index (χ0v) is 18.5. The summed E-state index contributed by atoms with van der Waals surface area (Å²) in [5, 5.41) is 2.30. The number of rotatable bonds is 5. The van der Waals surface area contributed by atoms with Crippen LogP contribution >= 0.6 is 0 Å². The number of amides is 1. The van der Waals surface area contributed by atoms with Crippen LogP contribution in [0.4, 0.5) is 23.2 Å². The van der Waals surface area contributed by atoms with Crippen molar-refractivity contribution in [3.63, 3.8) is 0 Å². The second-order valence-electron chi connectivity index (χ2n) is 8.46. The van der Waals surface area contributed by atoms with Crippen LogP contribution in [0.15, 0.2) is 71.4 Å². The van der Waals surface area contributed by atoms with E-state index in [2.05, 4.69) is 10.3 Å². The number of nitrogens with zero attached hydrogens (tertiary/aromatic N) is 2. The van der Waals surface area contributed by atoms with E-state index in [9.17, 15) is 22.4 Å². The van der Waals surface area contributed by atoms with Crippen molar-refractivity contribution in [2.75, 3.05) is 5.32 Å². The number of furan rings is 1. The Morgan fingerprint density at radius 1 is 1.00 bits per heavy atom. The number of anilines is 1. The molecule has 2 heterocycles. The molecule has 1 amide bonds. The SMILES string of the molecule is O=C(Nc1ccccc1C(F)(F)F)c1ccc(-c2c(-c3ccc(F)cc3)ncn2C2CCCC2)o1. The van der Waals surface area contributed by atoms with Gasteiger partial charge in [0.15, 0.2) is 11.5 Å². The first-order valence-electron chi connectivity index (χ1n) is 11.2. The van der Waals surface area contributed by atoms with Crippen LogP contribution in [-0.4, -0.2) is 15.5 Å². The van der Waals surface area contributed by atoms with Gasteiger partial charge >= 0.3 is 6.18 Å². The molecule has 0 radical (unpaired) electrons. The van der Waals surface area contributed by atoms with Gasteiger partial charge in [0.05, 0.1) is 23.3 Å². The molecule has 0 saturated heterocycles. The molecule has 5 nitrogen and oxygen atoms in total. The first-order valence-corrected chi connectivity index (χ1v) is 11.2. The van der Waals surface area contributed by atoms with E-state index in [1.54, 1.807) is 24.5 Å². The number of para-hydroxylation sites is 1. The summed E-state index contributed by atoms with van der Waals surface area (Å²) in [5.74, 6) is -0.964.